The second kappa shape index (κ2) is 85.9. The first-order valence-electron chi connectivity index (χ1n) is 47.8. The minimum absolute atomic E-state index is 0.109. The van der Waals surface area contributed by atoms with Gasteiger partial charge in [0.25, 0.3) is 0 Å². The van der Waals surface area contributed by atoms with E-state index in [1.807, 2.05) is 0 Å². The van der Waals surface area contributed by atoms with Gasteiger partial charge in [-0.15, -0.1) is 0 Å². The lowest BCUT2D eigenvalue weighted by atomic mass is 10.0. The van der Waals surface area contributed by atoms with E-state index in [4.69, 9.17) is 37.0 Å². The fourth-order valence-corrected chi connectivity index (χ4v) is 16.2. The number of hydrogen-bond donors (Lipinski definition) is 3. The van der Waals surface area contributed by atoms with Crippen LogP contribution in [0.1, 0.15) is 509 Å². The first kappa shape index (κ1) is 109. The number of esters is 4. The molecule has 3 N–H and O–H groups in total. The number of hydrogen-bond acceptors (Lipinski definition) is 15. The van der Waals surface area contributed by atoms with E-state index in [0.29, 0.717) is 25.7 Å². The molecule has 0 bridgehead atoms. The maximum absolute atomic E-state index is 13.2. The molecule has 0 aliphatic rings. The Hall–Kier alpha value is -1.94. The van der Waals surface area contributed by atoms with Crippen LogP contribution in [0.4, 0.5) is 0 Å². The Morgan fingerprint density at radius 2 is 0.360 bits per heavy atom. The van der Waals surface area contributed by atoms with Gasteiger partial charge in [-0.05, 0) is 25.7 Å². The molecule has 0 aliphatic heterocycles. The first-order chi connectivity index (χ1) is 54.2. The fourth-order valence-electron chi connectivity index (χ4n) is 14.6. The van der Waals surface area contributed by atoms with Gasteiger partial charge in [-0.1, -0.05) is 458 Å². The summed E-state index contributed by atoms with van der Waals surface area (Å²) in [6.07, 6.45) is 83.8. The predicted octanol–water partition coefficient (Wildman–Crippen LogP) is 28.9. The molecular weight excluding hydrogens is 1440 g/mol. The Morgan fingerprint density at radius 1 is 0.216 bits per heavy atom. The predicted molar refractivity (Wildman–Crippen MR) is 460 cm³/mol. The first-order valence-corrected chi connectivity index (χ1v) is 50.8. The highest BCUT2D eigenvalue weighted by molar-refractivity contribution is 7.47. The van der Waals surface area contributed by atoms with E-state index in [1.54, 1.807) is 0 Å². The van der Waals surface area contributed by atoms with Crippen molar-refractivity contribution in [3.8, 4) is 0 Å². The van der Waals surface area contributed by atoms with Crippen LogP contribution in [-0.2, 0) is 65.4 Å². The van der Waals surface area contributed by atoms with Crippen LogP contribution in [0.15, 0.2) is 0 Å². The zero-order valence-corrected chi connectivity index (χ0v) is 74.7. The molecule has 5 atom stereocenters. The SMILES string of the molecule is CCCCCCCCCCCCCCCCCCCCCCCCC(=O)OC[C@H](COP(=O)(O)OC[C@@H](O)COP(=O)(O)OC[C@@H](COC(=O)CCCCCCCCCC)OC(=O)CCCCCCCCCCCCCCCCCCCCC)OC(=O)CCCCCCCCCCCCCCCCCCCCCCCC. The molecule has 0 aliphatic carbocycles. The third-order valence-corrected chi connectivity index (χ3v) is 23.8. The van der Waals surface area contributed by atoms with E-state index in [9.17, 15) is 43.2 Å². The molecule has 0 saturated heterocycles. The van der Waals surface area contributed by atoms with Crippen LogP contribution >= 0.6 is 15.6 Å². The molecular formula is C92H180O17P2. The van der Waals surface area contributed by atoms with Gasteiger partial charge in [0.2, 0.25) is 0 Å². The number of unbranched alkanes of at least 4 members (excludes halogenated alkanes) is 67. The normalized spacial score (nSPS) is 13.6. The number of ether oxygens (including phenoxy) is 4. The molecule has 0 rings (SSSR count). The van der Waals surface area contributed by atoms with Crippen molar-refractivity contribution < 1.29 is 80.2 Å². The van der Waals surface area contributed by atoms with Crippen LogP contribution in [-0.4, -0.2) is 96.7 Å². The molecule has 0 aromatic rings. The van der Waals surface area contributed by atoms with Crippen molar-refractivity contribution in [1.29, 1.82) is 0 Å². The average molecular weight is 1620 g/mol. The Kier molecular flexibility index (Phi) is 84.4. The van der Waals surface area contributed by atoms with E-state index >= 15 is 0 Å². The minimum atomic E-state index is -4.97. The monoisotopic (exact) mass is 1620 g/mol. The lowest BCUT2D eigenvalue weighted by Crippen LogP contribution is -2.30. The molecule has 0 fully saturated rings. The van der Waals surface area contributed by atoms with Crippen molar-refractivity contribution in [2.24, 2.45) is 0 Å². The molecule has 0 aromatic heterocycles. The average Bonchev–Trinajstić information content (AvgIpc) is 0.903. The van der Waals surface area contributed by atoms with Crippen molar-refractivity contribution in [2.75, 3.05) is 39.6 Å². The van der Waals surface area contributed by atoms with E-state index in [0.717, 1.165) is 89.9 Å². The smallest absolute Gasteiger partial charge is 0.462 e. The lowest BCUT2D eigenvalue weighted by Gasteiger charge is -2.21. The van der Waals surface area contributed by atoms with E-state index in [1.165, 1.54) is 340 Å². The van der Waals surface area contributed by atoms with Gasteiger partial charge < -0.3 is 33.8 Å². The summed E-state index contributed by atoms with van der Waals surface area (Å²) in [5.41, 5.74) is 0. The van der Waals surface area contributed by atoms with Crippen molar-refractivity contribution in [3.63, 3.8) is 0 Å². The molecule has 0 spiro atoms. The number of aliphatic hydroxyl groups is 1. The summed E-state index contributed by atoms with van der Waals surface area (Å²) in [4.78, 5) is 73.3. The van der Waals surface area contributed by atoms with Crippen LogP contribution < -0.4 is 0 Å². The van der Waals surface area contributed by atoms with Crippen molar-refractivity contribution in [3.05, 3.63) is 0 Å². The molecule has 2 unspecified atom stereocenters. The number of phosphoric acid groups is 2. The third-order valence-electron chi connectivity index (χ3n) is 21.9. The summed E-state index contributed by atoms with van der Waals surface area (Å²) in [6, 6.07) is 0. The summed E-state index contributed by atoms with van der Waals surface area (Å²) in [6.45, 7) is 5.06. The van der Waals surface area contributed by atoms with Gasteiger partial charge in [0.1, 0.15) is 19.3 Å². The van der Waals surface area contributed by atoms with Gasteiger partial charge in [0, 0.05) is 25.7 Å². The number of carbonyl (C=O) groups excluding carboxylic acids is 4. The Balaban J connectivity index is 5.16. The van der Waals surface area contributed by atoms with E-state index < -0.39 is 97.5 Å². The summed E-state index contributed by atoms with van der Waals surface area (Å²) >= 11 is 0. The molecule has 17 nitrogen and oxygen atoms in total. The van der Waals surface area contributed by atoms with Crippen molar-refractivity contribution >= 4 is 39.5 Å². The van der Waals surface area contributed by atoms with Crippen LogP contribution in [0, 0.1) is 0 Å². The summed E-state index contributed by atoms with van der Waals surface area (Å²) in [5, 5.41) is 10.7. The molecule has 0 aromatic carbocycles. The maximum Gasteiger partial charge on any atom is 0.472 e. The highest BCUT2D eigenvalue weighted by Gasteiger charge is 2.31. The van der Waals surface area contributed by atoms with Crippen molar-refractivity contribution in [2.45, 2.75) is 528 Å². The lowest BCUT2D eigenvalue weighted by molar-refractivity contribution is -0.161. The second-order valence-electron chi connectivity index (χ2n) is 33.1. The fraction of sp³-hybridized carbons (Fsp3) is 0.957. The topological polar surface area (TPSA) is 237 Å². The number of aliphatic hydroxyl groups excluding tert-OH is 1. The Morgan fingerprint density at radius 3 is 0.532 bits per heavy atom. The molecule has 19 heteroatoms. The summed E-state index contributed by atoms with van der Waals surface area (Å²) < 4.78 is 69.0. The van der Waals surface area contributed by atoms with Crippen LogP contribution in [0.3, 0.4) is 0 Å². The molecule has 660 valence electrons. The van der Waals surface area contributed by atoms with Gasteiger partial charge in [0.05, 0.1) is 26.4 Å². The quantitative estimate of drug-likeness (QED) is 0.0222. The Labute approximate surface area is 683 Å². The van der Waals surface area contributed by atoms with E-state index in [2.05, 4.69) is 27.7 Å². The number of phosphoric ester groups is 2. The summed E-state index contributed by atoms with van der Waals surface area (Å²) in [5.74, 6) is -2.10. The van der Waals surface area contributed by atoms with Crippen LogP contribution in [0.5, 0.6) is 0 Å². The van der Waals surface area contributed by atoms with Crippen LogP contribution in [0.2, 0.25) is 0 Å². The number of rotatable bonds is 93. The van der Waals surface area contributed by atoms with Gasteiger partial charge in [-0.25, -0.2) is 9.13 Å². The minimum Gasteiger partial charge on any atom is -0.462 e. The molecule has 0 heterocycles. The second-order valence-corrected chi connectivity index (χ2v) is 36.0. The largest absolute Gasteiger partial charge is 0.472 e. The van der Waals surface area contributed by atoms with Gasteiger partial charge >= 0.3 is 39.5 Å². The highest BCUT2D eigenvalue weighted by atomic mass is 31.2. The molecule has 0 amide bonds. The molecule has 0 radical (unpaired) electrons. The molecule has 0 saturated carbocycles. The van der Waals surface area contributed by atoms with E-state index in [-0.39, 0.29) is 25.7 Å². The molecule has 111 heavy (non-hydrogen) atoms. The summed E-state index contributed by atoms with van der Waals surface area (Å²) in [7, 11) is -9.93. The van der Waals surface area contributed by atoms with Gasteiger partial charge in [0.15, 0.2) is 12.2 Å². The Bertz CT molecular complexity index is 2090. The third kappa shape index (κ3) is 85.8. The highest BCUT2D eigenvalue weighted by Crippen LogP contribution is 2.45. The zero-order chi connectivity index (χ0) is 81.0. The van der Waals surface area contributed by atoms with Crippen LogP contribution in [0.25, 0.3) is 0 Å². The zero-order valence-electron chi connectivity index (χ0n) is 73.0. The van der Waals surface area contributed by atoms with Gasteiger partial charge in [-0.2, -0.15) is 0 Å². The maximum atomic E-state index is 13.2. The standard InChI is InChI=1S/C92H180O17P2/c1-5-9-13-17-21-25-28-31-34-37-40-42-44-47-49-52-55-58-61-65-69-73-77-90(95)103-83-88(109-92(97)79-75-71-67-63-60-57-54-51-48-45-43-41-38-35-32-29-26-22-18-14-10-6-2)85-107-111(100,101)105-81-86(93)80-104-110(98,99)106-84-87(82-102-89(94)76-72-68-64-24-20-16-12-8-4)108-91(96)78-74-70-66-62-59-56-53-50-46-39-36-33-30-27-23-19-15-11-7-3/h86-88,93H,5-85H2,1-4H3,(H,98,99)(H,100,101)/t86-,87+,88+/m0/s1. The van der Waals surface area contributed by atoms with Crippen molar-refractivity contribution in [1.82, 2.24) is 0 Å². The van der Waals surface area contributed by atoms with Gasteiger partial charge in [-0.3, -0.25) is 37.3 Å². The number of carbonyl (C=O) groups is 4.